The molecule has 0 saturated carbocycles. The first-order valence-electron chi connectivity index (χ1n) is 17.7. The van der Waals surface area contributed by atoms with Crippen molar-refractivity contribution in [2.75, 3.05) is 0 Å². The first kappa shape index (κ1) is 28.8. The molecule has 0 spiro atoms. The summed E-state index contributed by atoms with van der Waals surface area (Å²) < 4.78 is 8.75. The summed E-state index contributed by atoms with van der Waals surface area (Å²) >= 11 is 3.78. The Balaban J connectivity index is 1.07. The molecule has 12 rings (SSSR count). The quantitative estimate of drug-likeness (QED) is 0.184. The van der Waals surface area contributed by atoms with E-state index in [1.165, 1.54) is 64.8 Å². The summed E-state index contributed by atoms with van der Waals surface area (Å²) in [5.74, 6) is 0.206. The lowest BCUT2D eigenvalue weighted by molar-refractivity contribution is 0.669. The summed E-state index contributed by atoms with van der Waals surface area (Å²) in [6.45, 7) is 0. The lowest BCUT2D eigenvalue weighted by Crippen LogP contribution is -2.16. The van der Waals surface area contributed by atoms with E-state index >= 15 is 0 Å². The van der Waals surface area contributed by atoms with Crippen LogP contribution in [-0.2, 0) is 0 Å². The molecule has 1 aliphatic heterocycles. The summed E-state index contributed by atoms with van der Waals surface area (Å²) in [6.07, 6.45) is 2.51. The van der Waals surface area contributed by atoms with E-state index in [9.17, 15) is 0 Å². The molecule has 4 heterocycles. The van der Waals surface area contributed by atoms with Gasteiger partial charge in [-0.25, -0.2) is 4.98 Å². The number of hydrogen-bond donors (Lipinski definition) is 0. The number of nitrogens with zero attached hydrogens (tertiary/aromatic N) is 2. The molecule has 2 aliphatic rings. The zero-order chi connectivity index (χ0) is 33.9. The number of para-hydroxylation sites is 2. The van der Waals surface area contributed by atoms with Crippen molar-refractivity contribution in [3.05, 3.63) is 179 Å². The Morgan fingerprint density at radius 1 is 0.577 bits per heavy atom. The first-order valence-corrected chi connectivity index (χ1v) is 19.4. The van der Waals surface area contributed by atoms with Crippen molar-refractivity contribution >= 4 is 83.2 Å². The number of thioether (sulfide) groups is 1. The average molecular weight is 701 g/mol. The monoisotopic (exact) mass is 700 g/mol. The van der Waals surface area contributed by atoms with Crippen LogP contribution < -0.4 is 0 Å². The highest BCUT2D eigenvalue weighted by molar-refractivity contribution is 8.00. The standard InChI is InChI=1S/C47H28N2OS2/c1-2-12-30-27(10-1)11-9-16-31(30)28-20-22-29(23-21-28)35-26-41-44(34-15-5-8-19-40(34)51-41)45-46(35)52-47(48-45)49-36-17-6-3-13-32(36)42-37(49)24-25-39-43(42)33-14-4-7-18-38(33)50-39/h1-26,41,44H. The molecule has 0 N–H and O–H groups in total. The molecular formula is C47H28N2OS2. The van der Waals surface area contributed by atoms with Gasteiger partial charge in [0.2, 0.25) is 0 Å². The summed E-state index contributed by atoms with van der Waals surface area (Å²) in [5, 5.41) is 8.55. The van der Waals surface area contributed by atoms with Gasteiger partial charge < -0.3 is 4.42 Å². The van der Waals surface area contributed by atoms with Crippen LogP contribution in [0, 0.1) is 0 Å². The predicted molar refractivity (Wildman–Crippen MR) is 218 cm³/mol. The minimum Gasteiger partial charge on any atom is -0.456 e. The fourth-order valence-corrected chi connectivity index (χ4v) is 11.3. The minimum absolute atomic E-state index is 0.206. The molecule has 2 atom stereocenters. The van der Waals surface area contributed by atoms with Gasteiger partial charge in [-0.05, 0) is 68.9 Å². The predicted octanol–water partition coefficient (Wildman–Crippen LogP) is 13.0. The highest BCUT2D eigenvalue weighted by atomic mass is 32.2. The van der Waals surface area contributed by atoms with Crippen LogP contribution in [0.4, 0.5) is 0 Å². The second-order valence-electron chi connectivity index (χ2n) is 13.8. The topological polar surface area (TPSA) is 31.0 Å². The molecule has 0 radical (unpaired) electrons. The van der Waals surface area contributed by atoms with E-state index in [4.69, 9.17) is 9.40 Å². The lowest BCUT2D eigenvalue weighted by atomic mass is 9.84. The number of rotatable bonds is 3. The van der Waals surface area contributed by atoms with E-state index in [1.54, 1.807) is 0 Å². The number of benzene rings is 7. The maximum absolute atomic E-state index is 6.36. The molecule has 3 nitrogen and oxygen atoms in total. The molecule has 0 saturated heterocycles. The summed E-state index contributed by atoms with van der Waals surface area (Å²) in [7, 11) is 0. The van der Waals surface area contributed by atoms with Crippen LogP contribution in [-0.4, -0.2) is 14.8 Å². The number of furan rings is 1. The van der Waals surface area contributed by atoms with Crippen LogP contribution in [0.15, 0.2) is 167 Å². The van der Waals surface area contributed by atoms with Gasteiger partial charge in [0.05, 0.1) is 21.6 Å². The smallest absolute Gasteiger partial charge is 0.195 e. The molecule has 0 bridgehead atoms. The van der Waals surface area contributed by atoms with E-state index in [2.05, 4.69) is 156 Å². The maximum atomic E-state index is 6.36. The molecule has 2 unspecified atom stereocenters. The van der Waals surface area contributed by atoms with Crippen molar-refractivity contribution in [2.24, 2.45) is 0 Å². The van der Waals surface area contributed by atoms with E-state index in [0.717, 1.165) is 38.1 Å². The molecule has 10 aromatic rings. The Morgan fingerprint density at radius 2 is 1.33 bits per heavy atom. The van der Waals surface area contributed by atoms with Crippen molar-refractivity contribution in [3.63, 3.8) is 0 Å². The van der Waals surface area contributed by atoms with Gasteiger partial charge in [-0.1, -0.05) is 139 Å². The van der Waals surface area contributed by atoms with Gasteiger partial charge in [-0.3, -0.25) is 4.57 Å². The molecule has 7 aromatic carbocycles. The van der Waals surface area contributed by atoms with Crippen LogP contribution in [0.2, 0.25) is 0 Å². The van der Waals surface area contributed by atoms with Crippen molar-refractivity contribution in [1.82, 2.24) is 9.55 Å². The third-order valence-corrected chi connectivity index (χ3v) is 13.4. The van der Waals surface area contributed by atoms with Crippen molar-refractivity contribution < 1.29 is 4.42 Å². The van der Waals surface area contributed by atoms with Crippen LogP contribution in [0.3, 0.4) is 0 Å². The van der Waals surface area contributed by atoms with Crippen molar-refractivity contribution in [1.29, 1.82) is 0 Å². The van der Waals surface area contributed by atoms with E-state index in [0.29, 0.717) is 0 Å². The lowest BCUT2D eigenvalue weighted by Gasteiger charge is -2.24. The van der Waals surface area contributed by atoms with Gasteiger partial charge in [0.15, 0.2) is 5.13 Å². The molecule has 0 fully saturated rings. The number of hydrogen-bond acceptors (Lipinski definition) is 4. The Hall–Kier alpha value is -5.88. The summed E-state index contributed by atoms with van der Waals surface area (Å²) in [6, 6.07) is 54.8. The third kappa shape index (κ3) is 4.00. The molecule has 244 valence electrons. The van der Waals surface area contributed by atoms with Crippen LogP contribution >= 0.6 is 23.1 Å². The highest BCUT2D eigenvalue weighted by Gasteiger charge is 2.41. The number of fused-ring (bicyclic) bond motifs is 13. The Bertz CT molecular complexity index is 3120. The van der Waals surface area contributed by atoms with Crippen molar-refractivity contribution in [3.8, 4) is 16.3 Å². The number of aromatic nitrogens is 2. The molecule has 3 aromatic heterocycles. The molecule has 5 heteroatoms. The van der Waals surface area contributed by atoms with Gasteiger partial charge in [0, 0.05) is 37.6 Å². The zero-order valence-electron chi connectivity index (χ0n) is 27.8. The largest absolute Gasteiger partial charge is 0.456 e. The highest BCUT2D eigenvalue weighted by Crippen LogP contribution is 2.56. The molecular weight excluding hydrogens is 673 g/mol. The average Bonchev–Trinajstić information content (AvgIpc) is 3.97. The van der Waals surface area contributed by atoms with Gasteiger partial charge in [0.25, 0.3) is 0 Å². The number of thiazole rings is 1. The van der Waals surface area contributed by atoms with E-state index in [-0.39, 0.29) is 11.2 Å². The van der Waals surface area contributed by atoms with Crippen LogP contribution in [0.1, 0.15) is 27.6 Å². The van der Waals surface area contributed by atoms with Crippen molar-refractivity contribution in [2.45, 2.75) is 16.1 Å². The van der Waals surface area contributed by atoms with Gasteiger partial charge in [-0.15, -0.1) is 11.8 Å². The second kappa shape index (κ2) is 10.8. The fraction of sp³-hybridized carbons (Fsp3) is 0.0426. The van der Waals surface area contributed by atoms with E-state index in [1.807, 2.05) is 29.2 Å². The fourth-order valence-electron chi connectivity index (χ4n) is 8.74. The third-order valence-electron chi connectivity index (χ3n) is 11.0. The molecule has 52 heavy (non-hydrogen) atoms. The summed E-state index contributed by atoms with van der Waals surface area (Å²) in [4.78, 5) is 8.26. The molecule has 0 amide bonds. The first-order chi connectivity index (χ1) is 25.8. The maximum Gasteiger partial charge on any atom is 0.195 e. The molecule has 1 aliphatic carbocycles. The van der Waals surface area contributed by atoms with E-state index < -0.39 is 0 Å². The minimum atomic E-state index is 0.206. The Labute approximate surface area is 307 Å². The normalized spacial score (nSPS) is 16.5. The van der Waals surface area contributed by atoms with Crippen LogP contribution in [0.5, 0.6) is 0 Å². The second-order valence-corrected chi connectivity index (χ2v) is 16.0. The van der Waals surface area contributed by atoms with Gasteiger partial charge in [0.1, 0.15) is 11.2 Å². The van der Waals surface area contributed by atoms with Gasteiger partial charge in [-0.2, -0.15) is 0 Å². The zero-order valence-corrected chi connectivity index (χ0v) is 29.4. The van der Waals surface area contributed by atoms with Crippen LogP contribution in [0.25, 0.3) is 76.3 Å². The Kier molecular flexibility index (Phi) is 5.98. The van der Waals surface area contributed by atoms with Gasteiger partial charge >= 0.3 is 0 Å². The summed E-state index contributed by atoms with van der Waals surface area (Å²) in [5.41, 5.74) is 11.7. The Morgan fingerprint density at radius 3 is 2.25 bits per heavy atom. The SMILES string of the molecule is C1=C(c2ccc(-c3cccc4ccccc34)cc2)c2sc(-n3c4ccccc4c4c5c(ccc43)oc3ccccc35)nc2C2c3ccccc3SC12.